The highest BCUT2D eigenvalue weighted by Crippen LogP contribution is 2.10. The van der Waals surface area contributed by atoms with E-state index >= 15 is 0 Å². The van der Waals surface area contributed by atoms with Crippen LogP contribution in [0.1, 0.15) is 11.7 Å². The van der Waals surface area contributed by atoms with E-state index in [2.05, 4.69) is 4.98 Å². The Labute approximate surface area is 65.2 Å². The summed E-state index contributed by atoms with van der Waals surface area (Å²) in [7, 11) is 1.55. The molecule has 0 amide bonds. The van der Waals surface area contributed by atoms with Crippen molar-refractivity contribution in [1.82, 2.24) is 4.98 Å². The lowest BCUT2D eigenvalue weighted by atomic mass is 10.2. The number of nitrogens with zero attached hydrogens (tertiary/aromatic N) is 1. The van der Waals surface area contributed by atoms with Gasteiger partial charge in [0, 0.05) is 12.3 Å². The molecule has 0 aromatic carbocycles. The van der Waals surface area contributed by atoms with Crippen LogP contribution in [0.25, 0.3) is 0 Å². The van der Waals surface area contributed by atoms with Crippen molar-refractivity contribution in [2.24, 2.45) is 11.5 Å². The van der Waals surface area contributed by atoms with E-state index < -0.39 is 6.17 Å². The number of ether oxygens (including phenoxy) is 1. The van der Waals surface area contributed by atoms with E-state index in [0.717, 1.165) is 5.56 Å². The highest BCUT2D eigenvalue weighted by Gasteiger charge is 2.00. The summed E-state index contributed by atoms with van der Waals surface area (Å²) in [6.45, 7) is 0. The van der Waals surface area contributed by atoms with Gasteiger partial charge in [0.25, 0.3) is 0 Å². The van der Waals surface area contributed by atoms with Crippen molar-refractivity contribution in [3.05, 3.63) is 23.9 Å². The fraction of sp³-hybridized carbons (Fsp3) is 0.286. The second-order valence-electron chi connectivity index (χ2n) is 2.16. The second-order valence-corrected chi connectivity index (χ2v) is 2.16. The Kier molecular flexibility index (Phi) is 2.40. The first-order valence-electron chi connectivity index (χ1n) is 3.25. The molecule has 0 atom stereocenters. The summed E-state index contributed by atoms with van der Waals surface area (Å²) in [6, 6.07) is 3.47. The lowest BCUT2D eigenvalue weighted by Gasteiger charge is -2.05. The predicted molar refractivity (Wildman–Crippen MR) is 41.9 cm³/mol. The highest BCUT2D eigenvalue weighted by molar-refractivity contribution is 5.22. The fourth-order valence-corrected chi connectivity index (χ4v) is 0.744. The molecule has 0 aliphatic heterocycles. The smallest absolute Gasteiger partial charge is 0.213 e. The van der Waals surface area contributed by atoms with Crippen molar-refractivity contribution < 1.29 is 4.74 Å². The van der Waals surface area contributed by atoms with Crippen molar-refractivity contribution in [2.75, 3.05) is 7.11 Å². The first-order chi connectivity index (χ1) is 5.24. The van der Waals surface area contributed by atoms with E-state index in [0.29, 0.717) is 5.88 Å². The first-order valence-corrected chi connectivity index (χ1v) is 3.25. The maximum atomic E-state index is 5.43. The molecule has 60 valence electrons. The predicted octanol–water partition coefficient (Wildman–Crippen LogP) is 0.00620. The molecule has 0 saturated carbocycles. The molecule has 0 saturated heterocycles. The summed E-state index contributed by atoms with van der Waals surface area (Å²) >= 11 is 0. The molecule has 4 heteroatoms. The number of methoxy groups -OCH3 is 1. The van der Waals surface area contributed by atoms with Crippen LogP contribution < -0.4 is 16.2 Å². The number of pyridine rings is 1. The number of hydrogen-bond acceptors (Lipinski definition) is 4. The average Bonchev–Trinajstić information content (AvgIpc) is 2.05. The molecule has 1 aromatic rings. The zero-order chi connectivity index (χ0) is 8.27. The van der Waals surface area contributed by atoms with Gasteiger partial charge in [0.05, 0.1) is 13.3 Å². The lowest BCUT2D eigenvalue weighted by Crippen LogP contribution is -2.19. The molecule has 0 radical (unpaired) electrons. The number of rotatable bonds is 2. The standard InChI is InChI=1S/C7H11N3O/c1-11-6-4-5(7(8)9)2-3-10-6/h2-4,7H,8-9H2,1H3. The Morgan fingerprint density at radius 2 is 2.27 bits per heavy atom. The van der Waals surface area contributed by atoms with E-state index in [1.54, 1.807) is 25.4 Å². The third kappa shape index (κ3) is 1.89. The quantitative estimate of drug-likeness (QED) is 0.587. The topological polar surface area (TPSA) is 74.2 Å². The van der Waals surface area contributed by atoms with Gasteiger partial charge in [-0.2, -0.15) is 0 Å². The largest absolute Gasteiger partial charge is 0.481 e. The Balaban J connectivity index is 2.91. The van der Waals surface area contributed by atoms with Crippen molar-refractivity contribution in [3.8, 4) is 5.88 Å². The Hall–Kier alpha value is -1.13. The van der Waals surface area contributed by atoms with E-state index in [1.807, 2.05) is 0 Å². The zero-order valence-corrected chi connectivity index (χ0v) is 6.32. The lowest BCUT2D eigenvalue weighted by molar-refractivity contribution is 0.397. The van der Waals surface area contributed by atoms with E-state index in [1.165, 1.54) is 0 Å². The Bertz CT molecular complexity index is 237. The van der Waals surface area contributed by atoms with Crippen LogP contribution in [0.15, 0.2) is 18.3 Å². The molecule has 0 bridgehead atoms. The minimum absolute atomic E-state index is 0.466. The van der Waals surface area contributed by atoms with Gasteiger partial charge < -0.3 is 16.2 Å². The molecule has 0 fully saturated rings. The molecule has 0 spiro atoms. The van der Waals surface area contributed by atoms with Gasteiger partial charge in [0.1, 0.15) is 0 Å². The number of hydrogen-bond donors (Lipinski definition) is 2. The van der Waals surface area contributed by atoms with Crippen LogP contribution in [0.4, 0.5) is 0 Å². The van der Waals surface area contributed by atoms with Crippen molar-refractivity contribution in [2.45, 2.75) is 6.17 Å². The Morgan fingerprint density at radius 3 is 2.82 bits per heavy atom. The van der Waals surface area contributed by atoms with Gasteiger partial charge in [0.15, 0.2) is 0 Å². The van der Waals surface area contributed by atoms with Crippen LogP contribution in [0, 0.1) is 0 Å². The first kappa shape index (κ1) is 7.97. The van der Waals surface area contributed by atoms with Gasteiger partial charge in [-0.05, 0) is 11.6 Å². The van der Waals surface area contributed by atoms with E-state index in [4.69, 9.17) is 16.2 Å². The van der Waals surface area contributed by atoms with Crippen molar-refractivity contribution in [3.63, 3.8) is 0 Å². The van der Waals surface area contributed by atoms with Crippen LogP contribution in [-0.4, -0.2) is 12.1 Å². The Morgan fingerprint density at radius 1 is 1.55 bits per heavy atom. The average molecular weight is 153 g/mol. The summed E-state index contributed by atoms with van der Waals surface area (Å²) in [5.74, 6) is 0.531. The molecule has 0 aliphatic rings. The minimum atomic E-state index is -0.466. The minimum Gasteiger partial charge on any atom is -0.481 e. The molecule has 1 rings (SSSR count). The fourth-order valence-electron chi connectivity index (χ4n) is 0.744. The monoisotopic (exact) mass is 153 g/mol. The highest BCUT2D eigenvalue weighted by atomic mass is 16.5. The molecule has 4 N–H and O–H groups in total. The third-order valence-electron chi connectivity index (χ3n) is 1.35. The van der Waals surface area contributed by atoms with Crippen molar-refractivity contribution >= 4 is 0 Å². The molecule has 1 aromatic heterocycles. The van der Waals surface area contributed by atoms with Gasteiger partial charge in [-0.25, -0.2) is 4.98 Å². The van der Waals surface area contributed by atoms with Crippen LogP contribution in [0.5, 0.6) is 5.88 Å². The molecule has 1 heterocycles. The van der Waals surface area contributed by atoms with Crippen LogP contribution in [0.3, 0.4) is 0 Å². The molecule has 4 nitrogen and oxygen atoms in total. The summed E-state index contributed by atoms with van der Waals surface area (Å²) in [5, 5.41) is 0. The van der Waals surface area contributed by atoms with Gasteiger partial charge in [0.2, 0.25) is 5.88 Å². The van der Waals surface area contributed by atoms with Gasteiger partial charge in [-0.15, -0.1) is 0 Å². The van der Waals surface area contributed by atoms with E-state index in [-0.39, 0.29) is 0 Å². The molecular weight excluding hydrogens is 142 g/mol. The SMILES string of the molecule is COc1cc(C(N)N)ccn1. The van der Waals surface area contributed by atoms with Crippen LogP contribution in [-0.2, 0) is 0 Å². The molecule has 0 unspecified atom stereocenters. The molecular formula is C7H11N3O. The molecule has 0 aliphatic carbocycles. The summed E-state index contributed by atoms with van der Waals surface area (Å²) < 4.78 is 4.88. The summed E-state index contributed by atoms with van der Waals surface area (Å²) in [6.07, 6.45) is 1.15. The van der Waals surface area contributed by atoms with Gasteiger partial charge >= 0.3 is 0 Å². The second kappa shape index (κ2) is 3.32. The van der Waals surface area contributed by atoms with Crippen molar-refractivity contribution in [1.29, 1.82) is 0 Å². The maximum Gasteiger partial charge on any atom is 0.213 e. The zero-order valence-electron chi connectivity index (χ0n) is 6.32. The summed E-state index contributed by atoms with van der Waals surface area (Å²) in [4.78, 5) is 3.91. The van der Waals surface area contributed by atoms with Gasteiger partial charge in [-0.3, -0.25) is 0 Å². The third-order valence-corrected chi connectivity index (χ3v) is 1.35. The summed E-state index contributed by atoms with van der Waals surface area (Å²) in [5.41, 5.74) is 11.7. The van der Waals surface area contributed by atoms with E-state index in [9.17, 15) is 0 Å². The normalized spacial score (nSPS) is 10.2. The number of aromatic nitrogens is 1. The van der Waals surface area contributed by atoms with Gasteiger partial charge in [-0.1, -0.05) is 0 Å². The molecule has 11 heavy (non-hydrogen) atoms. The van der Waals surface area contributed by atoms with Crippen LogP contribution >= 0.6 is 0 Å². The number of nitrogens with two attached hydrogens (primary N) is 2. The maximum absolute atomic E-state index is 5.43. The van der Waals surface area contributed by atoms with Crippen LogP contribution in [0.2, 0.25) is 0 Å².